The number of carbonyl (C=O) groups excluding carboxylic acids is 1. The van der Waals surface area contributed by atoms with E-state index in [1.807, 2.05) is 7.05 Å². The van der Waals surface area contributed by atoms with Crippen LogP contribution in [-0.2, 0) is 4.79 Å². The summed E-state index contributed by atoms with van der Waals surface area (Å²) in [5.41, 5.74) is 0.448. The zero-order valence-corrected chi connectivity index (χ0v) is 13.4. The van der Waals surface area contributed by atoms with E-state index in [-0.39, 0.29) is 23.3 Å². The van der Waals surface area contributed by atoms with Crippen LogP contribution in [0.1, 0.15) is 6.42 Å². The van der Waals surface area contributed by atoms with Crippen molar-refractivity contribution in [1.82, 2.24) is 10.2 Å². The van der Waals surface area contributed by atoms with E-state index in [0.29, 0.717) is 18.2 Å². The van der Waals surface area contributed by atoms with E-state index < -0.39 is 5.82 Å². The van der Waals surface area contributed by atoms with Crippen LogP contribution in [0.4, 0.5) is 10.1 Å². The summed E-state index contributed by atoms with van der Waals surface area (Å²) in [5, 5.41) is 6.09. The molecule has 0 saturated carbocycles. The molecule has 0 bridgehead atoms. The molecule has 21 heavy (non-hydrogen) atoms. The molecule has 1 saturated heterocycles. The Morgan fingerprint density at radius 2 is 2.29 bits per heavy atom. The zero-order valence-electron chi connectivity index (χ0n) is 11.9. The fourth-order valence-electron chi connectivity index (χ4n) is 2.50. The maximum atomic E-state index is 12.9. The SMILES string of the molecule is CNCC1CCN(CC(=O)Nc2ccc(F)cc2Cl)C1.Cl. The number of rotatable bonds is 5. The number of nitrogens with one attached hydrogen (secondary N) is 2. The Balaban J connectivity index is 0.00000220. The van der Waals surface area contributed by atoms with Crippen molar-refractivity contribution in [2.45, 2.75) is 6.42 Å². The number of hydrogen-bond donors (Lipinski definition) is 2. The van der Waals surface area contributed by atoms with Gasteiger partial charge in [-0.1, -0.05) is 11.6 Å². The van der Waals surface area contributed by atoms with E-state index in [4.69, 9.17) is 11.6 Å². The van der Waals surface area contributed by atoms with Gasteiger partial charge in [0.15, 0.2) is 0 Å². The Kier molecular flexibility index (Phi) is 7.39. The summed E-state index contributed by atoms with van der Waals surface area (Å²) >= 11 is 5.88. The van der Waals surface area contributed by atoms with Gasteiger partial charge in [0.1, 0.15) is 5.82 Å². The molecule has 0 aromatic heterocycles. The maximum Gasteiger partial charge on any atom is 0.238 e. The van der Waals surface area contributed by atoms with E-state index in [1.165, 1.54) is 18.2 Å². The largest absolute Gasteiger partial charge is 0.324 e. The quantitative estimate of drug-likeness (QED) is 0.868. The van der Waals surface area contributed by atoms with Gasteiger partial charge >= 0.3 is 0 Å². The molecule has 0 spiro atoms. The number of carbonyl (C=O) groups is 1. The first-order valence-electron chi connectivity index (χ1n) is 6.70. The zero-order chi connectivity index (χ0) is 14.5. The normalized spacial score (nSPS) is 18.3. The number of amides is 1. The third kappa shape index (κ3) is 5.43. The summed E-state index contributed by atoms with van der Waals surface area (Å²) in [4.78, 5) is 14.1. The molecule has 118 valence electrons. The van der Waals surface area contributed by atoms with Gasteiger partial charge in [0.25, 0.3) is 0 Å². The Labute approximate surface area is 135 Å². The molecular formula is C14H20Cl2FN3O. The van der Waals surface area contributed by atoms with Crippen molar-refractivity contribution < 1.29 is 9.18 Å². The Morgan fingerprint density at radius 1 is 1.52 bits per heavy atom. The van der Waals surface area contributed by atoms with Crippen molar-refractivity contribution in [3.8, 4) is 0 Å². The molecule has 2 N–H and O–H groups in total. The topological polar surface area (TPSA) is 44.4 Å². The first kappa shape index (κ1) is 18.2. The third-order valence-corrected chi connectivity index (χ3v) is 3.75. The van der Waals surface area contributed by atoms with Gasteiger partial charge in [-0.3, -0.25) is 9.69 Å². The highest BCUT2D eigenvalue weighted by Gasteiger charge is 2.23. The minimum absolute atomic E-state index is 0. The van der Waals surface area contributed by atoms with Crippen molar-refractivity contribution in [3.05, 3.63) is 29.0 Å². The molecule has 1 aliphatic heterocycles. The number of anilines is 1. The van der Waals surface area contributed by atoms with Crippen LogP contribution in [0.15, 0.2) is 18.2 Å². The van der Waals surface area contributed by atoms with Crippen molar-refractivity contribution >= 4 is 35.6 Å². The predicted molar refractivity (Wildman–Crippen MR) is 85.8 cm³/mol. The summed E-state index contributed by atoms with van der Waals surface area (Å²) in [6.07, 6.45) is 1.10. The number of benzene rings is 1. The van der Waals surface area contributed by atoms with Crippen molar-refractivity contribution in [2.24, 2.45) is 5.92 Å². The number of nitrogens with zero attached hydrogens (tertiary/aromatic N) is 1. The average Bonchev–Trinajstić information content (AvgIpc) is 2.81. The Bertz CT molecular complexity index is 487. The molecular weight excluding hydrogens is 316 g/mol. The molecule has 0 radical (unpaired) electrons. The monoisotopic (exact) mass is 335 g/mol. The molecule has 1 fully saturated rings. The van der Waals surface area contributed by atoms with Crippen molar-refractivity contribution in [3.63, 3.8) is 0 Å². The first-order valence-corrected chi connectivity index (χ1v) is 7.08. The second-order valence-electron chi connectivity index (χ2n) is 5.12. The summed E-state index contributed by atoms with van der Waals surface area (Å²) in [5.74, 6) is 0.0632. The third-order valence-electron chi connectivity index (χ3n) is 3.44. The molecule has 1 atom stereocenters. The smallest absolute Gasteiger partial charge is 0.238 e. The molecule has 2 rings (SSSR count). The number of hydrogen-bond acceptors (Lipinski definition) is 3. The van der Waals surface area contributed by atoms with Gasteiger partial charge in [-0.15, -0.1) is 12.4 Å². The molecule has 1 aliphatic rings. The lowest BCUT2D eigenvalue weighted by atomic mass is 10.1. The first-order chi connectivity index (χ1) is 9.58. The van der Waals surface area contributed by atoms with E-state index in [2.05, 4.69) is 15.5 Å². The fraction of sp³-hybridized carbons (Fsp3) is 0.500. The second kappa shape index (κ2) is 8.54. The highest BCUT2D eigenvalue weighted by molar-refractivity contribution is 6.33. The van der Waals surface area contributed by atoms with Gasteiger partial charge in [0.2, 0.25) is 5.91 Å². The van der Waals surface area contributed by atoms with Crippen LogP contribution in [0.3, 0.4) is 0 Å². The summed E-state index contributed by atoms with van der Waals surface area (Å²) in [6, 6.07) is 3.94. The van der Waals surface area contributed by atoms with Gasteiger partial charge in [0, 0.05) is 6.54 Å². The molecule has 0 aliphatic carbocycles. The number of likely N-dealkylation sites (tertiary alicyclic amines) is 1. The van der Waals surface area contributed by atoms with Crippen LogP contribution in [0.5, 0.6) is 0 Å². The standard InChI is InChI=1S/C14H19ClFN3O.ClH/c1-17-7-10-4-5-19(8-10)9-14(20)18-13-3-2-11(16)6-12(13)15;/h2-3,6,10,17H,4-5,7-9H2,1H3,(H,18,20);1H. The van der Waals surface area contributed by atoms with E-state index in [9.17, 15) is 9.18 Å². The highest BCUT2D eigenvalue weighted by atomic mass is 35.5. The minimum Gasteiger partial charge on any atom is -0.324 e. The van der Waals surface area contributed by atoms with Gasteiger partial charge in [-0.05, 0) is 50.7 Å². The van der Waals surface area contributed by atoms with Gasteiger partial charge in [-0.2, -0.15) is 0 Å². The number of halogens is 3. The van der Waals surface area contributed by atoms with E-state index in [0.717, 1.165) is 26.1 Å². The van der Waals surface area contributed by atoms with Crippen LogP contribution in [0.2, 0.25) is 5.02 Å². The molecule has 4 nitrogen and oxygen atoms in total. The van der Waals surface area contributed by atoms with Crippen LogP contribution < -0.4 is 10.6 Å². The lowest BCUT2D eigenvalue weighted by Crippen LogP contribution is -2.32. The molecule has 1 heterocycles. The molecule has 1 aromatic carbocycles. The van der Waals surface area contributed by atoms with E-state index in [1.54, 1.807) is 0 Å². The van der Waals surface area contributed by atoms with Crippen molar-refractivity contribution in [2.75, 3.05) is 38.5 Å². The second-order valence-corrected chi connectivity index (χ2v) is 5.53. The average molecular weight is 336 g/mol. The van der Waals surface area contributed by atoms with Crippen LogP contribution in [0.25, 0.3) is 0 Å². The molecule has 1 aromatic rings. The molecule has 7 heteroatoms. The molecule has 1 unspecified atom stereocenters. The Hall–Kier alpha value is -0.880. The molecule has 1 amide bonds. The predicted octanol–water partition coefficient (Wildman–Crippen LogP) is 2.38. The summed E-state index contributed by atoms with van der Waals surface area (Å²) in [6.45, 7) is 3.16. The maximum absolute atomic E-state index is 12.9. The lowest BCUT2D eigenvalue weighted by Gasteiger charge is -2.16. The van der Waals surface area contributed by atoms with E-state index >= 15 is 0 Å². The van der Waals surface area contributed by atoms with Crippen LogP contribution >= 0.6 is 24.0 Å². The van der Waals surface area contributed by atoms with Gasteiger partial charge in [-0.25, -0.2) is 4.39 Å². The van der Waals surface area contributed by atoms with Crippen molar-refractivity contribution in [1.29, 1.82) is 0 Å². The fourth-order valence-corrected chi connectivity index (χ4v) is 2.71. The minimum atomic E-state index is -0.414. The highest BCUT2D eigenvalue weighted by Crippen LogP contribution is 2.22. The van der Waals surface area contributed by atoms with Crippen LogP contribution in [0, 0.1) is 11.7 Å². The summed E-state index contributed by atoms with van der Waals surface area (Å²) < 4.78 is 12.9. The van der Waals surface area contributed by atoms with Gasteiger partial charge < -0.3 is 10.6 Å². The Morgan fingerprint density at radius 3 is 2.95 bits per heavy atom. The lowest BCUT2D eigenvalue weighted by molar-refractivity contribution is -0.117. The van der Waals surface area contributed by atoms with Crippen LogP contribution in [-0.4, -0.2) is 44.0 Å². The van der Waals surface area contributed by atoms with Gasteiger partial charge in [0.05, 0.1) is 17.3 Å². The summed E-state index contributed by atoms with van der Waals surface area (Å²) in [7, 11) is 1.94.